The van der Waals surface area contributed by atoms with E-state index in [1.165, 1.54) is 83.5 Å². The van der Waals surface area contributed by atoms with Crippen LogP contribution < -0.4 is 4.90 Å². The van der Waals surface area contributed by atoms with Crippen LogP contribution in [0.5, 0.6) is 0 Å². The third kappa shape index (κ3) is 4.09. The van der Waals surface area contributed by atoms with Crippen LogP contribution in [-0.2, 0) is 10.8 Å². The predicted molar refractivity (Wildman–Crippen MR) is 199 cm³/mol. The van der Waals surface area contributed by atoms with Gasteiger partial charge in [-0.2, -0.15) is 0 Å². The van der Waals surface area contributed by atoms with Gasteiger partial charge < -0.3 is 4.90 Å². The molecule has 0 aromatic heterocycles. The fraction of sp³-hybridized carbons (Fsp3) is 0.130. The van der Waals surface area contributed by atoms with Crippen molar-refractivity contribution in [2.24, 2.45) is 0 Å². The molecular formula is C46H37N. The molecule has 0 saturated heterocycles. The van der Waals surface area contributed by atoms with E-state index in [0.717, 1.165) is 0 Å². The summed E-state index contributed by atoms with van der Waals surface area (Å²) in [4.78, 5) is 2.48. The van der Waals surface area contributed by atoms with Crippen LogP contribution in [0.25, 0.3) is 44.2 Å². The minimum Gasteiger partial charge on any atom is -0.310 e. The lowest BCUT2D eigenvalue weighted by Crippen LogP contribution is -2.18. The van der Waals surface area contributed by atoms with Gasteiger partial charge in [0, 0.05) is 27.8 Å². The molecule has 2 aliphatic rings. The van der Waals surface area contributed by atoms with Crippen LogP contribution in [0.15, 0.2) is 152 Å². The minimum atomic E-state index is -0.128. The number of hydrogen-bond donors (Lipinski definition) is 0. The monoisotopic (exact) mass is 603 g/mol. The van der Waals surface area contributed by atoms with E-state index < -0.39 is 0 Å². The van der Waals surface area contributed by atoms with Gasteiger partial charge in [-0.25, -0.2) is 0 Å². The highest BCUT2D eigenvalue weighted by Gasteiger charge is 2.38. The lowest BCUT2D eigenvalue weighted by Gasteiger charge is -2.31. The number of hydrogen-bond acceptors (Lipinski definition) is 1. The molecule has 1 nitrogen and oxygen atoms in total. The van der Waals surface area contributed by atoms with Crippen molar-refractivity contribution in [2.45, 2.75) is 38.5 Å². The molecule has 0 radical (unpaired) electrons. The molecule has 0 N–H and O–H groups in total. The SMILES string of the molecule is CC1(C)c2ccccc2-c2ccc(N(c3ccc4c(c3)C(C)(C)c3cc5ccccc5cc3-4)c3ccccc3-c3ccccc3)cc21. The van der Waals surface area contributed by atoms with E-state index in [1.54, 1.807) is 0 Å². The van der Waals surface area contributed by atoms with Gasteiger partial charge in [0.2, 0.25) is 0 Å². The van der Waals surface area contributed by atoms with Crippen LogP contribution in [0.4, 0.5) is 17.1 Å². The van der Waals surface area contributed by atoms with E-state index in [2.05, 4.69) is 184 Å². The van der Waals surface area contributed by atoms with Crippen LogP contribution in [0.1, 0.15) is 49.9 Å². The summed E-state index contributed by atoms with van der Waals surface area (Å²) in [7, 11) is 0. The molecular weight excluding hydrogens is 567 g/mol. The zero-order chi connectivity index (χ0) is 31.9. The van der Waals surface area contributed by atoms with Gasteiger partial charge in [-0.1, -0.05) is 137 Å². The maximum atomic E-state index is 2.48. The second kappa shape index (κ2) is 10.0. The highest BCUT2D eigenvalue weighted by atomic mass is 15.1. The van der Waals surface area contributed by atoms with Gasteiger partial charge in [0.05, 0.1) is 5.69 Å². The van der Waals surface area contributed by atoms with Crippen LogP contribution >= 0.6 is 0 Å². The van der Waals surface area contributed by atoms with Crippen molar-refractivity contribution < 1.29 is 0 Å². The Morgan fingerprint density at radius 1 is 0.362 bits per heavy atom. The first kappa shape index (κ1) is 27.9. The van der Waals surface area contributed by atoms with E-state index in [9.17, 15) is 0 Å². The molecule has 0 saturated carbocycles. The first-order chi connectivity index (χ1) is 22.8. The summed E-state index contributed by atoms with van der Waals surface area (Å²) in [5.41, 5.74) is 16.6. The van der Waals surface area contributed by atoms with Crippen LogP contribution in [0, 0.1) is 0 Å². The molecule has 47 heavy (non-hydrogen) atoms. The molecule has 0 fully saturated rings. The van der Waals surface area contributed by atoms with Crippen LogP contribution in [-0.4, -0.2) is 0 Å². The van der Waals surface area contributed by atoms with E-state index in [4.69, 9.17) is 0 Å². The van der Waals surface area contributed by atoms with Gasteiger partial charge in [-0.15, -0.1) is 0 Å². The maximum Gasteiger partial charge on any atom is 0.0540 e. The molecule has 0 amide bonds. The average molecular weight is 604 g/mol. The summed E-state index contributed by atoms with van der Waals surface area (Å²) in [5.74, 6) is 0. The Balaban J connectivity index is 1.27. The number of para-hydroxylation sites is 1. The Labute approximate surface area is 277 Å². The van der Waals surface area contributed by atoms with Gasteiger partial charge in [0.25, 0.3) is 0 Å². The second-order valence-electron chi connectivity index (χ2n) is 14.2. The molecule has 0 atom stereocenters. The third-order valence-electron chi connectivity index (χ3n) is 10.8. The highest BCUT2D eigenvalue weighted by Crippen LogP contribution is 2.54. The summed E-state index contributed by atoms with van der Waals surface area (Å²) >= 11 is 0. The van der Waals surface area contributed by atoms with Crippen molar-refractivity contribution in [3.05, 3.63) is 174 Å². The third-order valence-corrected chi connectivity index (χ3v) is 10.8. The van der Waals surface area contributed by atoms with Gasteiger partial charge in [0.15, 0.2) is 0 Å². The van der Waals surface area contributed by atoms with Crippen molar-refractivity contribution in [1.82, 2.24) is 0 Å². The predicted octanol–water partition coefficient (Wildman–Crippen LogP) is 12.6. The van der Waals surface area contributed by atoms with Gasteiger partial charge in [-0.3, -0.25) is 0 Å². The minimum absolute atomic E-state index is 0.0872. The number of anilines is 3. The largest absolute Gasteiger partial charge is 0.310 e. The molecule has 1 heteroatoms. The van der Waals surface area contributed by atoms with Crippen molar-refractivity contribution in [1.29, 1.82) is 0 Å². The zero-order valence-electron chi connectivity index (χ0n) is 27.4. The molecule has 0 aliphatic heterocycles. The van der Waals surface area contributed by atoms with Gasteiger partial charge in [-0.05, 0) is 103 Å². The Kier molecular flexibility index (Phi) is 5.96. The number of fused-ring (bicyclic) bond motifs is 7. The standard InChI is InChI=1S/C46H37N/c1-45(2)40-20-12-10-19-36(40)37-24-22-33(28-42(37)45)47(44-21-13-11-18-35(44)30-14-6-5-7-15-30)34-23-25-38-39-26-31-16-8-9-17-32(31)27-41(39)46(3,4)43(38)29-34/h5-29H,1-4H3. The van der Waals surface area contributed by atoms with E-state index in [0.29, 0.717) is 0 Å². The van der Waals surface area contributed by atoms with Gasteiger partial charge in [0.1, 0.15) is 0 Å². The summed E-state index contributed by atoms with van der Waals surface area (Å²) in [6.45, 7) is 9.49. The number of nitrogens with zero attached hydrogens (tertiary/aromatic N) is 1. The van der Waals surface area contributed by atoms with Crippen molar-refractivity contribution in [3.63, 3.8) is 0 Å². The Morgan fingerprint density at radius 2 is 0.851 bits per heavy atom. The molecule has 0 unspecified atom stereocenters. The Hall–Kier alpha value is -5.40. The Morgan fingerprint density at radius 3 is 1.55 bits per heavy atom. The zero-order valence-corrected chi connectivity index (χ0v) is 27.4. The lowest BCUT2D eigenvalue weighted by molar-refractivity contribution is 0.660. The summed E-state index contributed by atoms with van der Waals surface area (Å²) in [5, 5.41) is 2.59. The molecule has 226 valence electrons. The molecule has 2 aliphatic carbocycles. The van der Waals surface area contributed by atoms with Crippen LogP contribution in [0.2, 0.25) is 0 Å². The molecule has 0 heterocycles. The smallest absolute Gasteiger partial charge is 0.0540 e. The fourth-order valence-corrected chi connectivity index (χ4v) is 8.34. The van der Waals surface area contributed by atoms with Gasteiger partial charge >= 0.3 is 0 Å². The first-order valence-electron chi connectivity index (χ1n) is 16.7. The topological polar surface area (TPSA) is 3.24 Å². The molecule has 0 bridgehead atoms. The maximum absolute atomic E-state index is 2.48. The average Bonchev–Trinajstić information content (AvgIpc) is 3.47. The normalized spacial score (nSPS) is 14.7. The van der Waals surface area contributed by atoms with Crippen LogP contribution in [0.3, 0.4) is 0 Å². The quantitative estimate of drug-likeness (QED) is 0.193. The second-order valence-corrected chi connectivity index (χ2v) is 14.2. The fourth-order valence-electron chi connectivity index (χ4n) is 8.34. The summed E-state index contributed by atoms with van der Waals surface area (Å²) in [6, 6.07) is 56.3. The molecule has 9 rings (SSSR count). The molecule has 7 aromatic rings. The Bertz CT molecular complexity index is 2360. The van der Waals surface area contributed by atoms with Crippen molar-refractivity contribution in [3.8, 4) is 33.4 Å². The number of benzene rings is 7. The van der Waals surface area contributed by atoms with Crippen molar-refractivity contribution >= 4 is 27.8 Å². The lowest BCUT2D eigenvalue weighted by atomic mass is 9.81. The summed E-state index contributed by atoms with van der Waals surface area (Å²) in [6.07, 6.45) is 0. The van der Waals surface area contributed by atoms with Crippen molar-refractivity contribution in [2.75, 3.05) is 4.90 Å². The molecule has 0 spiro atoms. The number of rotatable bonds is 4. The van der Waals surface area contributed by atoms with E-state index >= 15 is 0 Å². The van der Waals surface area contributed by atoms with E-state index in [1.807, 2.05) is 0 Å². The highest BCUT2D eigenvalue weighted by molar-refractivity contribution is 5.96. The van der Waals surface area contributed by atoms with E-state index in [-0.39, 0.29) is 10.8 Å². The summed E-state index contributed by atoms with van der Waals surface area (Å²) < 4.78 is 0. The first-order valence-corrected chi connectivity index (χ1v) is 16.7. The molecule has 7 aromatic carbocycles.